The molecule has 0 atom stereocenters. The van der Waals surface area contributed by atoms with Crippen molar-refractivity contribution < 1.29 is 0 Å². The van der Waals surface area contributed by atoms with Crippen molar-refractivity contribution in [3.05, 3.63) is 33.6 Å². The highest BCUT2D eigenvalue weighted by atomic mass is 32.1. The minimum absolute atomic E-state index is 0.183. The van der Waals surface area contributed by atoms with Crippen LogP contribution in [0.15, 0.2) is 16.9 Å². The number of aromatic nitrogens is 1. The molecule has 2 aromatic rings. The van der Waals surface area contributed by atoms with Crippen molar-refractivity contribution in [1.29, 1.82) is 0 Å². The van der Waals surface area contributed by atoms with Gasteiger partial charge in [0.2, 0.25) is 0 Å². The van der Waals surface area contributed by atoms with E-state index in [0.717, 1.165) is 23.2 Å². The molecular formula is C15H20N2OS. The maximum atomic E-state index is 12.4. The molecule has 0 unspecified atom stereocenters. The van der Waals surface area contributed by atoms with E-state index in [2.05, 4.69) is 24.8 Å². The van der Waals surface area contributed by atoms with Gasteiger partial charge in [-0.3, -0.25) is 8.75 Å². The highest BCUT2D eigenvalue weighted by Gasteiger charge is 2.13. The quantitative estimate of drug-likeness (QED) is 0.861. The summed E-state index contributed by atoms with van der Waals surface area (Å²) >= 11 is 1.61. The highest BCUT2D eigenvalue weighted by molar-refractivity contribution is 7.13. The average molecular weight is 276 g/mol. The summed E-state index contributed by atoms with van der Waals surface area (Å²) in [5, 5.41) is 0.884. The molecule has 0 bridgehead atoms. The van der Waals surface area contributed by atoms with Crippen LogP contribution in [0.1, 0.15) is 24.0 Å². The van der Waals surface area contributed by atoms with Crippen molar-refractivity contribution in [2.75, 3.05) is 19.6 Å². The minimum Gasteiger partial charge on any atom is -0.302 e. The standard InChI is InChI=1S/C15H20N2OS/c1-11-9-13-14(10-12(11)2)19-17(15(13)18)8-7-16-5-3-4-6-16/h9-10H,3-8H2,1-2H3. The van der Waals surface area contributed by atoms with Gasteiger partial charge in [0.15, 0.2) is 0 Å². The predicted octanol–water partition coefficient (Wildman–Crippen LogP) is 2.78. The smallest absolute Gasteiger partial charge is 0.268 e. The lowest BCUT2D eigenvalue weighted by Crippen LogP contribution is -2.26. The molecule has 2 heterocycles. The Morgan fingerprint density at radius 2 is 1.79 bits per heavy atom. The Balaban J connectivity index is 1.87. The van der Waals surface area contributed by atoms with Crippen LogP contribution in [-0.2, 0) is 6.54 Å². The maximum Gasteiger partial charge on any atom is 0.268 e. The van der Waals surface area contributed by atoms with Crippen LogP contribution in [-0.4, -0.2) is 28.5 Å². The van der Waals surface area contributed by atoms with Crippen LogP contribution in [0, 0.1) is 13.8 Å². The molecule has 0 radical (unpaired) electrons. The molecule has 1 saturated heterocycles. The summed E-state index contributed by atoms with van der Waals surface area (Å²) in [6.45, 7) is 8.39. The van der Waals surface area contributed by atoms with Gasteiger partial charge >= 0.3 is 0 Å². The van der Waals surface area contributed by atoms with Crippen LogP contribution in [0.2, 0.25) is 0 Å². The molecule has 0 aliphatic carbocycles. The van der Waals surface area contributed by atoms with Crippen molar-refractivity contribution in [3.8, 4) is 0 Å². The fourth-order valence-corrected chi connectivity index (χ4v) is 3.78. The van der Waals surface area contributed by atoms with Crippen LogP contribution in [0.25, 0.3) is 10.1 Å². The summed E-state index contributed by atoms with van der Waals surface area (Å²) in [5.74, 6) is 0. The zero-order chi connectivity index (χ0) is 13.4. The summed E-state index contributed by atoms with van der Waals surface area (Å²) in [7, 11) is 0. The zero-order valence-electron chi connectivity index (χ0n) is 11.6. The van der Waals surface area contributed by atoms with Crippen LogP contribution < -0.4 is 5.56 Å². The van der Waals surface area contributed by atoms with Crippen LogP contribution in [0.4, 0.5) is 0 Å². The van der Waals surface area contributed by atoms with E-state index in [1.54, 1.807) is 11.5 Å². The van der Waals surface area contributed by atoms with Crippen LogP contribution in [0.5, 0.6) is 0 Å². The average Bonchev–Trinajstić information content (AvgIpc) is 2.99. The molecule has 1 fully saturated rings. The summed E-state index contributed by atoms with van der Waals surface area (Å²) in [4.78, 5) is 14.8. The van der Waals surface area contributed by atoms with Gasteiger partial charge in [0, 0.05) is 13.1 Å². The van der Waals surface area contributed by atoms with E-state index in [-0.39, 0.29) is 5.56 Å². The van der Waals surface area contributed by atoms with Crippen molar-refractivity contribution in [2.45, 2.75) is 33.2 Å². The van der Waals surface area contributed by atoms with Crippen molar-refractivity contribution in [2.24, 2.45) is 0 Å². The lowest BCUT2D eigenvalue weighted by atomic mass is 10.1. The number of fused-ring (bicyclic) bond motifs is 1. The number of rotatable bonds is 3. The molecular weight excluding hydrogens is 256 g/mol. The lowest BCUT2D eigenvalue weighted by Gasteiger charge is -2.13. The van der Waals surface area contributed by atoms with Gasteiger partial charge in [0.05, 0.1) is 10.1 Å². The summed E-state index contributed by atoms with van der Waals surface area (Å²) in [6, 6.07) is 4.18. The van der Waals surface area contributed by atoms with Gasteiger partial charge < -0.3 is 4.90 Å². The molecule has 3 nitrogen and oxygen atoms in total. The lowest BCUT2D eigenvalue weighted by molar-refractivity contribution is 0.326. The van der Waals surface area contributed by atoms with Crippen molar-refractivity contribution >= 4 is 21.6 Å². The SMILES string of the molecule is Cc1cc2sn(CCN3CCCC3)c(=O)c2cc1C. The molecule has 1 aliphatic heterocycles. The maximum absolute atomic E-state index is 12.4. The monoisotopic (exact) mass is 276 g/mol. The third-order valence-corrected chi connectivity index (χ3v) is 5.18. The number of hydrogen-bond donors (Lipinski definition) is 0. The topological polar surface area (TPSA) is 25.2 Å². The Kier molecular flexibility index (Phi) is 3.46. The van der Waals surface area contributed by atoms with E-state index in [1.807, 2.05) is 10.0 Å². The van der Waals surface area contributed by atoms with Crippen LogP contribution >= 0.6 is 11.5 Å². The second-order valence-corrected chi connectivity index (χ2v) is 6.54. The highest BCUT2D eigenvalue weighted by Crippen LogP contribution is 2.21. The molecule has 102 valence electrons. The van der Waals surface area contributed by atoms with E-state index in [0.29, 0.717) is 0 Å². The summed E-state index contributed by atoms with van der Waals surface area (Å²) in [5.41, 5.74) is 2.65. The minimum atomic E-state index is 0.183. The first-order valence-electron chi connectivity index (χ1n) is 6.98. The van der Waals surface area contributed by atoms with Crippen molar-refractivity contribution in [3.63, 3.8) is 0 Å². The normalized spacial score (nSPS) is 16.5. The van der Waals surface area contributed by atoms with Crippen LogP contribution in [0.3, 0.4) is 0 Å². The van der Waals surface area contributed by atoms with Gasteiger partial charge in [-0.25, -0.2) is 0 Å². The number of hydrogen-bond acceptors (Lipinski definition) is 3. The first-order chi connectivity index (χ1) is 9.15. The Morgan fingerprint density at radius 1 is 1.11 bits per heavy atom. The second-order valence-electron chi connectivity index (χ2n) is 5.48. The fourth-order valence-electron chi connectivity index (χ4n) is 2.71. The number of benzene rings is 1. The Labute approximate surface area is 117 Å². The first-order valence-corrected chi connectivity index (χ1v) is 7.76. The fraction of sp³-hybridized carbons (Fsp3) is 0.533. The Bertz CT molecular complexity index is 650. The third kappa shape index (κ3) is 2.47. The third-order valence-electron chi connectivity index (χ3n) is 4.08. The summed E-state index contributed by atoms with van der Waals surface area (Å²) < 4.78 is 3.04. The van der Waals surface area contributed by atoms with Gasteiger partial charge in [0.1, 0.15) is 0 Å². The van der Waals surface area contributed by atoms with Gasteiger partial charge in [-0.2, -0.15) is 0 Å². The molecule has 0 spiro atoms. The molecule has 1 aromatic carbocycles. The number of nitrogens with zero attached hydrogens (tertiary/aromatic N) is 2. The molecule has 1 aromatic heterocycles. The van der Waals surface area contributed by atoms with Gasteiger partial charge in [-0.1, -0.05) is 11.5 Å². The van der Waals surface area contributed by atoms with E-state index < -0.39 is 0 Å². The van der Waals surface area contributed by atoms with Gasteiger partial charge in [-0.15, -0.1) is 0 Å². The molecule has 0 N–H and O–H groups in total. The van der Waals surface area contributed by atoms with E-state index in [1.165, 1.54) is 37.1 Å². The molecule has 0 amide bonds. The number of likely N-dealkylation sites (tertiary alicyclic amines) is 1. The molecule has 0 saturated carbocycles. The zero-order valence-corrected chi connectivity index (χ0v) is 12.4. The van der Waals surface area contributed by atoms with E-state index >= 15 is 0 Å². The Hall–Kier alpha value is -1.13. The molecule has 4 heteroatoms. The predicted molar refractivity (Wildman–Crippen MR) is 81.2 cm³/mol. The van der Waals surface area contributed by atoms with Crippen molar-refractivity contribution in [1.82, 2.24) is 8.86 Å². The van der Waals surface area contributed by atoms with Gasteiger partial charge in [0.25, 0.3) is 5.56 Å². The van der Waals surface area contributed by atoms with Gasteiger partial charge in [-0.05, 0) is 63.0 Å². The second kappa shape index (κ2) is 5.10. The molecule has 1 aliphatic rings. The summed E-state index contributed by atoms with van der Waals surface area (Å²) in [6.07, 6.45) is 2.61. The molecule has 3 rings (SSSR count). The number of aryl methyl sites for hydroxylation is 2. The first kappa shape index (κ1) is 12.9. The largest absolute Gasteiger partial charge is 0.302 e. The Morgan fingerprint density at radius 3 is 2.53 bits per heavy atom. The van der Waals surface area contributed by atoms with E-state index in [9.17, 15) is 4.79 Å². The van der Waals surface area contributed by atoms with E-state index in [4.69, 9.17) is 0 Å². The molecule has 19 heavy (non-hydrogen) atoms.